The summed E-state index contributed by atoms with van der Waals surface area (Å²) in [6, 6.07) is 1.07. The molecule has 1 N–H and O–H groups in total. The molecule has 0 radical (unpaired) electrons. The van der Waals surface area contributed by atoms with Gasteiger partial charge in [0.1, 0.15) is 0 Å². The van der Waals surface area contributed by atoms with Gasteiger partial charge in [-0.15, -0.1) is 11.3 Å². The van der Waals surface area contributed by atoms with Gasteiger partial charge in [0.2, 0.25) is 0 Å². The van der Waals surface area contributed by atoms with E-state index in [1.165, 1.54) is 35.1 Å². The predicted molar refractivity (Wildman–Crippen MR) is 69.0 cm³/mol. The van der Waals surface area contributed by atoms with E-state index >= 15 is 0 Å². The van der Waals surface area contributed by atoms with E-state index in [4.69, 9.17) is 0 Å². The fraction of sp³-hybridized carbons (Fsp3) is 0.750. The second-order valence-electron chi connectivity index (χ2n) is 4.82. The van der Waals surface area contributed by atoms with Crippen molar-refractivity contribution in [2.45, 2.75) is 39.3 Å². The highest BCUT2D eigenvalue weighted by Gasteiger charge is 2.22. The van der Waals surface area contributed by atoms with Gasteiger partial charge in [-0.3, -0.25) is 0 Å². The Bertz CT molecular complexity index is 361. The maximum atomic E-state index is 4.49. The van der Waals surface area contributed by atoms with Crippen LogP contribution >= 0.6 is 11.3 Å². The average molecular weight is 239 g/mol. The highest BCUT2D eigenvalue weighted by Crippen LogP contribution is 2.25. The van der Waals surface area contributed by atoms with E-state index in [1.54, 1.807) is 0 Å². The van der Waals surface area contributed by atoms with Gasteiger partial charge < -0.3 is 10.2 Å². The summed E-state index contributed by atoms with van der Waals surface area (Å²) in [4.78, 5) is 8.27. The molecule has 4 heteroatoms. The van der Waals surface area contributed by atoms with Gasteiger partial charge in [-0.1, -0.05) is 0 Å². The molecule has 0 aliphatic carbocycles. The van der Waals surface area contributed by atoms with Crippen molar-refractivity contribution in [3.8, 4) is 0 Å². The maximum Gasteiger partial charge on any atom is 0.0900 e. The van der Waals surface area contributed by atoms with Gasteiger partial charge in [0, 0.05) is 23.5 Å². The van der Waals surface area contributed by atoms with Crippen LogP contribution in [0, 0.1) is 13.8 Å². The molecule has 1 aromatic heterocycles. The standard InChI is InChI=1S/C12H21N3S/c1-8-12(16-10(3)13-8)9(2)14-11-5-6-15(4)7-11/h9,11,14H,5-7H2,1-4H3. The third kappa shape index (κ3) is 2.62. The molecule has 2 atom stereocenters. The van der Waals surface area contributed by atoms with Gasteiger partial charge in [-0.2, -0.15) is 0 Å². The number of nitrogens with zero attached hydrogens (tertiary/aromatic N) is 2. The van der Waals surface area contributed by atoms with Crippen LogP contribution in [0.4, 0.5) is 0 Å². The summed E-state index contributed by atoms with van der Waals surface area (Å²) in [5.41, 5.74) is 1.19. The molecule has 1 aliphatic heterocycles. The molecule has 1 saturated heterocycles. The summed E-state index contributed by atoms with van der Waals surface area (Å²) in [6.45, 7) is 8.82. The number of hydrogen-bond acceptors (Lipinski definition) is 4. The average Bonchev–Trinajstić information content (AvgIpc) is 2.73. The zero-order valence-electron chi connectivity index (χ0n) is 10.6. The van der Waals surface area contributed by atoms with E-state index < -0.39 is 0 Å². The smallest absolute Gasteiger partial charge is 0.0900 e. The second-order valence-corrected chi connectivity index (χ2v) is 6.05. The van der Waals surface area contributed by atoms with Crippen LogP contribution in [0.15, 0.2) is 0 Å². The Hall–Kier alpha value is -0.450. The van der Waals surface area contributed by atoms with Crippen molar-refractivity contribution in [2.75, 3.05) is 20.1 Å². The van der Waals surface area contributed by atoms with E-state index in [9.17, 15) is 0 Å². The number of thiazole rings is 1. The Morgan fingerprint density at radius 2 is 2.25 bits per heavy atom. The van der Waals surface area contributed by atoms with Gasteiger partial charge in [0.15, 0.2) is 0 Å². The van der Waals surface area contributed by atoms with E-state index in [-0.39, 0.29) is 0 Å². The lowest BCUT2D eigenvalue weighted by Crippen LogP contribution is -2.33. The van der Waals surface area contributed by atoms with Crippen LogP contribution in [-0.4, -0.2) is 36.1 Å². The first-order valence-electron chi connectivity index (χ1n) is 5.95. The van der Waals surface area contributed by atoms with Crippen LogP contribution < -0.4 is 5.32 Å². The van der Waals surface area contributed by atoms with Crippen molar-refractivity contribution in [2.24, 2.45) is 0 Å². The number of rotatable bonds is 3. The Labute approximate surface area is 102 Å². The van der Waals surface area contributed by atoms with Gasteiger partial charge in [-0.05, 0) is 40.8 Å². The van der Waals surface area contributed by atoms with Crippen molar-refractivity contribution in [3.63, 3.8) is 0 Å². The molecule has 2 unspecified atom stereocenters. The quantitative estimate of drug-likeness (QED) is 0.875. The topological polar surface area (TPSA) is 28.2 Å². The number of likely N-dealkylation sites (N-methyl/N-ethyl adjacent to an activating group) is 1. The van der Waals surface area contributed by atoms with Crippen LogP contribution in [0.5, 0.6) is 0 Å². The highest BCUT2D eigenvalue weighted by atomic mass is 32.1. The highest BCUT2D eigenvalue weighted by molar-refractivity contribution is 7.11. The molecule has 1 aliphatic rings. The molecule has 0 spiro atoms. The van der Waals surface area contributed by atoms with Crippen molar-refractivity contribution >= 4 is 11.3 Å². The number of aromatic nitrogens is 1. The minimum Gasteiger partial charge on any atom is -0.305 e. The second kappa shape index (κ2) is 4.82. The molecular formula is C12H21N3S. The van der Waals surface area contributed by atoms with E-state index in [1.807, 2.05) is 11.3 Å². The third-order valence-corrected chi connectivity index (χ3v) is 4.47. The maximum absolute atomic E-state index is 4.49. The molecule has 0 aromatic carbocycles. The van der Waals surface area contributed by atoms with Crippen molar-refractivity contribution < 1.29 is 0 Å². The molecule has 0 saturated carbocycles. The summed E-state index contributed by atoms with van der Waals surface area (Å²) < 4.78 is 0. The van der Waals surface area contributed by atoms with Crippen molar-refractivity contribution in [3.05, 3.63) is 15.6 Å². The minimum atomic E-state index is 0.433. The molecule has 3 nitrogen and oxygen atoms in total. The Morgan fingerprint density at radius 3 is 2.75 bits per heavy atom. The number of likely N-dealkylation sites (tertiary alicyclic amines) is 1. The summed E-state index contributed by atoms with van der Waals surface area (Å²) in [5.74, 6) is 0. The summed E-state index contributed by atoms with van der Waals surface area (Å²) >= 11 is 1.82. The normalized spacial score (nSPS) is 23.9. The SMILES string of the molecule is Cc1nc(C)c(C(C)NC2CCN(C)C2)s1. The Morgan fingerprint density at radius 1 is 1.50 bits per heavy atom. The van der Waals surface area contributed by atoms with Gasteiger partial charge >= 0.3 is 0 Å². The van der Waals surface area contributed by atoms with Crippen LogP contribution in [0.3, 0.4) is 0 Å². The summed E-state index contributed by atoms with van der Waals surface area (Å²) in [5, 5.41) is 4.88. The largest absolute Gasteiger partial charge is 0.305 e. The predicted octanol–water partition coefficient (Wildman–Crippen LogP) is 2.11. The van der Waals surface area contributed by atoms with Crippen molar-refractivity contribution in [1.82, 2.24) is 15.2 Å². The number of hydrogen-bond donors (Lipinski definition) is 1. The molecule has 16 heavy (non-hydrogen) atoms. The lowest BCUT2D eigenvalue weighted by molar-refractivity contribution is 0.388. The fourth-order valence-corrected chi connectivity index (χ4v) is 3.39. The third-order valence-electron chi connectivity index (χ3n) is 3.21. The van der Waals surface area contributed by atoms with Crippen LogP contribution in [0.25, 0.3) is 0 Å². The molecule has 1 aromatic rings. The monoisotopic (exact) mass is 239 g/mol. The van der Waals surface area contributed by atoms with Gasteiger partial charge in [-0.25, -0.2) is 4.98 Å². The molecule has 0 bridgehead atoms. The van der Waals surface area contributed by atoms with Crippen LogP contribution in [0.1, 0.15) is 35.0 Å². The van der Waals surface area contributed by atoms with Crippen molar-refractivity contribution in [1.29, 1.82) is 0 Å². The van der Waals surface area contributed by atoms with Crippen LogP contribution in [-0.2, 0) is 0 Å². The summed E-state index contributed by atoms with van der Waals surface area (Å²) in [7, 11) is 2.19. The molecule has 2 rings (SSSR count). The number of aryl methyl sites for hydroxylation is 2. The molecule has 2 heterocycles. The molecule has 1 fully saturated rings. The first-order valence-corrected chi connectivity index (χ1v) is 6.76. The van der Waals surface area contributed by atoms with Crippen LogP contribution in [0.2, 0.25) is 0 Å². The minimum absolute atomic E-state index is 0.433. The zero-order valence-corrected chi connectivity index (χ0v) is 11.4. The molecule has 0 amide bonds. The Kier molecular flexibility index (Phi) is 3.62. The summed E-state index contributed by atoms with van der Waals surface area (Å²) in [6.07, 6.45) is 1.26. The van der Waals surface area contributed by atoms with Gasteiger partial charge in [0.25, 0.3) is 0 Å². The molecule has 90 valence electrons. The lowest BCUT2D eigenvalue weighted by Gasteiger charge is -2.18. The number of nitrogens with one attached hydrogen (secondary N) is 1. The van der Waals surface area contributed by atoms with E-state index in [0.29, 0.717) is 12.1 Å². The fourth-order valence-electron chi connectivity index (χ4n) is 2.45. The van der Waals surface area contributed by atoms with E-state index in [2.05, 4.69) is 43.0 Å². The Balaban J connectivity index is 1.97. The lowest BCUT2D eigenvalue weighted by atomic mass is 10.2. The first kappa shape index (κ1) is 12.0. The zero-order chi connectivity index (χ0) is 11.7. The molecular weight excluding hydrogens is 218 g/mol. The van der Waals surface area contributed by atoms with Gasteiger partial charge in [0.05, 0.1) is 10.7 Å². The first-order chi connectivity index (χ1) is 7.56. The van der Waals surface area contributed by atoms with E-state index in [0.717, 1.165) is 0 Å².